The quantitative estimate of drug-likeness (QED) is 0.477. The van der Waals surface area contributed by atoms with Gasteiger partial charge in [0.1, 0.15) is 5.69 Å². The second-order valence-electron chi connectivity index (χ2n) is 7.07. The summed E-state index contributed by atoms with van der Waals surface area (Å²) in [5.41, 5.74) is 0.117. The maximum absolute atomic E-state index is 13.6. The SMILES string of the molecule is O=C(O)CCCCCNC(=O)c1ccc(-n2nc(-c3cccnc3)cc2C(F)(F)F)cc1. The normalized spacial score (nSPS) is 11.3. The van der Waals surface area contributed by atoms with Crippen LogP contribution in [-0.2, 0) is 11.0 Å². The number of aromatic nitrogens is 3. The van der Waals surface area contributed by atoms with Gasteiger partial charge in [0.15, 0.2) is 0 Å². The molecule has 1 aromatic carbocycles. The van der Waals surface area contributed by atoms with Crippen molar-refractivity contribution in [1.82, 2.24) is 20.1 Å². The highest BCUT2D eigenvalue weighted by atomic mass is 19.4. The minimum Gasteiger partial charge on any atom is -0.481 e. The highest BCUT2D eigenvalue weighted by molar-refractivity contribution is 5.94. The number of benzene rings is 1. The zero-order valence-electron chi connectivity index (χ0n) is 17.0. The summed E-state index contributed by atoms with van der Waals surface area (Å²) in [4.78, 5) is 26.6. The fraction of sp³-hybridized carbons (Fsp3) is 0.273. The molecule has 2 heterocycles. The van der Waals surface area contributed by atoms with Crippen molar-refractivity contribution in [2.75, 3.05) is 6.54 Å². The van der Waals surface area contributed by atoms with E-state index in [1.807, 2.05) is 0 Å². The predicted molar refractivity (Wildman–Crippen MR) is 110 cm³/mol. The van der Waals surface area contributed by atoms with Gasteiger partial charge in [0.05, 0.1) is 11.4 Å². The molecule has 168 valence electrons. The van der Waals surface area contributed by atoms with Crippen LogP contribution in [0.15, 0.2) is 54.9 Å². The predicted octanol–water partition coefficient (Wildman–Crippen LogP) is 4.33. The van der Waals surface area contributed by atoms with Crippen molar-refractivity contribution in [3.8, 4) is 16.9 Å². The van der Waals surface area contributed by atoms with E-state index in [2.05, 4.69) is 15.4 Å². The van der Waals surface area contributed by atoms with Crippen LogP contribution in [0.4, 0.5) is 13.2 Å². The summed E-state index contributed by atoms with van der Waals surface area (Å²) in [5.74, 6) is -1.21. The second kappa shape index (κ2) is 10.1. The summed E-state index contributed by atoms with van der Waals surface area (Å²) in [6.07, 6.45) is 0.259. The van der Waals surface area contributed by atoms with Crippen molar-refractivity contribution in [1.29, 1.82) is 0 Å². The van der Waals surface area contributed by atoms with Crippen molar-refractivity contribution in [2.24, 2.45) is 0 Å². The van der Waals surface area contributed by atoms with Crippen LogP contribution in [0.25, 0.3) is 16.9 Å². The van der Waals surface area contributed by atoms with Gasteiger partial charge in [-0.25, -0.2) is 4.68 Å². The van der Waals surface area contributed by atoms with Crippen molar-refractivity contribution in [3.05, 3.63) is 66.1 Å². The fourth-order valence-electron chi connectivity index (χ4n) is 3.07. The van der Waals surface area contributed by atoms with Gasteiger partial charge in [-0.3, -0.25) is 14.6 Å². The minimum atomic E-state index is -4.62. The summed E-state index contributed by atoms with van der Waals surface area (Å²) in [5, 5.41) is 15.4. The van der Waals surface area contributed by atoms with E-state index in [9.17, 15) is 22.8 Å². The Hall–Kier alpha value is -3.69. The van der Waals surface area contributed by atoms with E-state index in [1.54, 1.807) is 12.1 Å². The van der Waals surface area contributed by atoms with Gasteiger partial charge in [0.2, 0.25) is 0 Å². The van der Waals surface area contributed by atoms with E-state index >= 15 is 0 Å². The number of unbranched alkanes of at least 4 members (excludes halogenated alkanes) is 2. The molecule has 0 saturated heterocycles. The van der Waals surface area contributed by atoms with Crippen LogP contribution in [0, 0.1) is 0 Å². The molecular weight excluding hydrogens is 425 g/mol. The van der Waals surface area contributed by atoms with Gasteiger partial charge >= 0.3 is 12.1 Å². The number of carboxylic acids is 1. The molecule has 0 aliphatic rings. The van der Waals surface area contributed by atoms with E-state index in [4.69, 9.17) is 5.11 Å². The summed E-state index contributed by atoms with van der Waals surface area (Å²) in [6.45, 7) is 0.381. The van der Waals surface area contributed by atoms with Gasteiger partial charge in [0, 0.05) is 36.5 Å². The Balaban J connectivity index is 1.71. The summed E-state index contributed by atoms with van der Waals surface area (Å²) in [7, 11) is 0. The van der Waals surface area contributed by atoms with E-state index in [0.717, 1.165) is 10.7 Å². The van der Waals surface area contributed by atoms with Crippen molar-refractivity contribution < 1.29 is 27.9 Å². The van der Waals surface area contributed by atoms with Crippen LogP contribution in [-0.4, -0.2) is 38.3 Å². The van der Waals surface area contributed by atoms with E-state index in [-0.39, 0.29) is 23.7 Å². The Labute approximate surface area is 181 Å². The standard InChI is InChI=1S/C22H21F3N4O3/c23-22(24,25)19-13-18(16-5-4-11-26-14-16)28-29(19)17-9-7-15(8-10-17)21(32)27-12-3-1-2-6-20(30)31/h4-5,7-11,13-14H,1-3,6,12H2,(H,27,32)(H,30,31). The molecule has 0 aliphatic heterocycles. The fourth-order valence-corrected chi connectivity index (χ4v) is 3.07. The lowest BCUT2D eigenvalue weighted by atomic mass is 10.1. The third-order valence-corrected chi connectivity index (χ3v) is 4.68. The first-order chi connectivity index (χ1) is 15.3. The Kier molecular flexibility index (Phi) is 7.24. The van der Waals surface area contributed by atoms with E-state index in [1.165, 1.54) is 36.7 Å². The van der Waals surface area contributed by atoms with E-state index in [0.29, 0.717) is 36.9 Å². The summed E-state index contributed by atoms with van der Waals surface area (Å²) >= 11 is 0. The number of carbonyl (C=O) groups excluding carboxylic acids is 1. The molecule has 3 rings (SSSR count). The van der Waals surface area contributed by atoms with E-state index < -0.39 is 17.8 Å². The molecule has 0 aliphatic carbocycles. The highest BCUT2D eigenvalue weighted by Gasteiger charge is 2.36. The number of halogens is 3. The van der Waals surface area contributed by atoms with Crippen LogP contribution in [0.3, 0.4) is 0 Å². The number of pyridine rings is 1. The zero-order valence-corrected chi connectivity index (χ0v) is 17.0. The number of hydrogen-bond acceptors (Lipinski definition) is 4. The van der Waals surface area contributed by atoms with Crippen molar-refractivity contribution in [3.63, 3.8) is 0 Å². The Morgan fingerprint density at radius 3 is 2.44 bits per heavy atom. The molecule has 10 heteroatoms. The number of aliphatic carboxylic acids is 1. The second-order valence-corrected chi connectivity index (χ2v) is 7.07. The maximum atomic E-state index is 13.6. The number of amides is 1. The van der Waals surface area contributed by atoms with Crippen LogP contribution >= 0.6 is 0 Å². The van der Waals surface area contributed by atoms with Crippen LogP contribution in [0.5, 0.6) is 0 Å². The third kappa shape index (κ3) is 5.93. The lowest BCUT2D eigenvalue weighted by Gasteiger charge is -2.11. The Morgan fingerprint density at radius 2 is 1.81 bits per heavy atom. The number of nitrogens with one attached hydrogen (secondary N) is 1. The lowest BCUT2D eigenvalue weighted by molar-refractivity contribution is -0.142. The van der Waals surface area contributed by atoms with Crippen molar-refractivity contribution in [2.45, 2.75) is 31.9 Å². The van der Waals surface area contributed by atoms with Gasteiger partial charge in [-0.2, -0.15) is 18.3 Å². The first kappa shape index (κ1) is 23.0. The number of carboxylic acid groups (broad SMARTS) is 1. The first-order valence-electron chi connectivity index (χ1n) is 9.94. The molecular formula is C22H21F3N4O3. The summed E-state index contributed by atoms with van der Waals surface area (Å²) < 4.78 is 41.5. The maximum Gasteiger partial charge on any atom is 0.433 e. The van der Waals surface area contributed by atoms with Gasteiger partial charge in [-0.15, -0.1) is 0 Å². The average Bonchev–Trinajstić information content (AvgIpc) is 3.23. The molecule has 2 N–H and O–H groups in total. The largest absolute Gasteiger partial charge is 0.481 e. The molecule has 32 heavy (non-hydrogen) atoms. The molecule has 0 fully saturated rings. The minimum absolute atomic E-state index is 0.0885. The van der Waals surface area contributed by atoms with Gasteiger partial charge in [0.25, 0.3) is 5.91 Å². The number of alkyl halides is 3. The van der Waals surface area contributed by atoms with Gasteiger partial charge in [-0.1, -0.05) is 6.42 Å². The molecule has 0 spiro atoms. The first-order valence-corrected chi connectivity index (χ1v) is 9.94. The van der Waals surface area contributed by atoms with Gasteiger partial charge in [-0.05, 0) is 55.3 Å². The number of rotatable bonds is 9. The van der Waals surface area contributed by atoms with Gasteiger partial charge < -0.3 is 10.4 Å². The number of nitrogens with zero attached hydrogens (tertiary/aromatic N) is 3. The van der Waals surface area contributed by atoms with Crippen LogP contribution in [0.2, 0.25) is 0 Å². The number of carbonyl (C=O) groups is 2. The van der Waals surface area contributed by atoms with Crippen molar-refractivity contribution >= 4 is 11.9 Å². The molecule has 7 nitrogen and oxygen atoms in total. The lowest BCUT2D eigenvalue weighted by Crippen LogP contribution is -2.24. The molecule has 0 saturated carbocycles. The monoisotopic (exact) mass is 446 g/mol. The topological polar surface area (TPSA) is 97.1 Å². The molecule has 0 radical (unpaired) electrons. The third-order valence-electron chi connectivity index (χ3n) is 4.68. The summed E-state index contributed by atoms with van der Waals surface area (Å²) in [6, 6.07) is 9.85. The molecule has 1 amide bonds. The zero-order chi connectivity index (χ0) is 23.1. The van der Waals surface area contributed by atoms with Crippen LogP contribution in [0.1, 0.15) is 41.7 Å². The highest BCUT2D eigenvalue weighted by Crippen LogP contribution is 2.34. The Morgan fingerprint density at radius 1 is 1.06 bits per heavy atom. The number of hydrogen-bond donors (Lipinski definition) is 2. The van der Waals surface area contributed by atoms with Crippen LogP contribution < -0.4 is 5.32 Å². The molecule has 2 aromatic heterocycles. The Bertz CT molecular complexity index is 1060. The molecule has 0 atom stereocenters. The molecule has 3 aromatic rings. The smallest absolute Gasteiger partial charge is 0.433 e. The molecule has 0 bridgehead atoms. The average molecular weight is 446 g/mol. The molecule has 0 unspecified atom stereocenters.